The largest absolute Gasteiger partial charge is 0.396 e. The Bertz CT molecular complexity index is 186. The second-order valence-electron chi connectivity index (χ2n) is 4.00. The Balaban J connectivity index is 2.77. The van der Waals surface area contributed by atoms with Crippen LogP contribution in [0.2, 0.25) is 0 Å². The molecule has 0 spiro atoms. The molecule has 0 aromatic rings. The van der Waals surface area contributed by atoms with Crippen molar-refractivity contribution in [1.29, 1.82) is 0 Å². The van der Waals surface area contributed by atoms with Crippen molar-refractivity contribution >= 4 is 0 Å². The molecule has 1 aliphatic rings. The van der Waals surface area contributed by atoms with Crippen molar-refractivity contribution in [3.8, 4) is 0 Å². The van der Waals surface area contributed by atoms with Crippen LogP contribution >= 0.6 is 0 Å². The topological polar surface area (TPSA) is 101 Å². The Hall–Kier alpha value is -0.200. The molecule has 1 saturated carbocycles. The molecule has 84 valence electrons. The van der Waals surface area contributed by atoms with Gasteiger partial charge in [-0.3, -0.25) is 0 Å². The van der Waals surface area contributed by atoms with Crippen LogP contribution in [0.3, 0.4) is 0 Å². The lowest BCUT2D eigenvalue weighted by molar-refractivity contribution is -0.0692. The van der Waals surface area contributed by atoms with E-state index in [4.69, 9.17) is 15.3 Å². The van der Waals surface area contributed by atoms with Crippen LogP contribution in [0.5, 0.6) is 0 Å². The molecule has 1 aliphatic carbocycles. The first-order valence-corrected chi connectivity index (χ1v) is 4.82. The molecule has 1 fully saturated rings. The summed E-state index contributed by atoms with van der Waals surface area (Å²) in [5.41, 5.74) is -1.41. The van der Waals surface area contributed by atoms with Gasteiger partial charge in [-0.1, -0.05) is 0 Å². The highest BCUT2D eigenvalue weighted by molar-refractivity contribution is 5.01. The van der Waals surface area contributed by atoms with Gasteiger partial charge < -0.3 is 25.5 Å². The summed E-state index contributed by atoms with van der Waals surface area (Å²) in [4.78, 5) is 0. The molecule has 4 atom stereocenters. The van der Waals surface area contributed by atoms with E-state index in [1.54, 1.807) is 0 Å². The van der Waals surface area contributed by atoms with E-state index in [1.165, 1.54) is 0 Å². The maximum Gasteiger partial charge on any atom is 0.0955 e. The lowest BCUT2D eigenvalue weighted by Crippen LogP contribution is -2.41. The second kappa shape index (κ2) is 4.55. The average Bonchev–Trinajstić information content (AvgIpc) is 2.40. The quantitative estimate of drug-likeness (QED) is 0.369. The van der Waals surface area contributed by atoms with Gasteiger partial charge in [-0.2, -0.15) is 0 Å². The first-order chi connectivity index (χ1) is 6.59. The van der Waals surface area contributed by atoms with Crippen LogP contribution in [0.25, 0.3) is 0 Å². The van der Waals surface area contributed by atoms with E-state index in [-0.39, 0.29) is 25.6 Å². The molecule has 1 rings (SSSR count). The highest BCUT2D eigenvalue weighted by Crippen LogP contribution is 2.41. The van der Waals surface area contributed by atoms with E-state index in [0.29, 0.717) is 6.42 Å². The summed E-state index contributed by atoms with van der Waals surface area (Å²) in [6.45, 7) is -0.865. The molecular formula is C9H18O5. The molecule has 5 nitrogen and oxygen atoms in total. The molecule has 0 aromatic heterocycles. The molecular weight excluding hydrogens is 188 g/mol. The normalized spacial score (nSPS) is 43.1. The Labute approximate surface area is 82.6 Å². The van der Waals surface area contributed by atoms with E-state index >= 15 is 0 Å². The lowest BCUT2D eigenvalue weighted by Gasteiger charge is -2.28. The molecule has 0 saturated heterocycles. The maximum absolute atomic E-state index is 9.88. The van der Waals surface area contributed by atoms with Gasteiger partial charge in [0.15, 0.2) is 0 Å². The first-order valence-electron chi connectivity index (χ1n) is 4.82. The van der Waals surface area contributed by atoms with E-state index in [1.807, 2.05) is 0 Å². The van der Waals surface area contributed by atoms with E-state index in [9.17, 15) is 10.2 Å². The number of hydrogen-bond donors (Lipinski definition) is 5. The Morgan fingerprint density at radius 2 is 1.86 bits per heavy atom. The first kappa shape index (κ1) is 11.9. The summed E-state index contributed by atoms with van der Waals surface area (Å²) in [7, 11) is 0. The monoisotopic (exact) mass is 206 g/mol. The van der Waals surface area contributed by atoms with Crippen molar-refractivity contribution in [2.75, 3.05) is 19.8 Å². The minimum Gasteiger partial charge on any atom is -0.396 e. The van der Waals surface area contributed by atoms with Gasteiger partial charge >= 0.3 is 0 Å². The summed E-state index contributed by atoms with van der Waals surface area (Å²) in [5.74, 6) is -0.906. The molecule has 0 amide bonds. The van der Waals surface area contributed by atoms with Gasteiger partial charge in [0.1, 0.15) is 0 Å². The van der Waals surface area contributed by atoms with Crippen LogP contribution in [-0.4, -0.2) is 57.1 Å². The van der Waals surface area contributed by atoms with Gasteiger partial charge in [0.25, 0.3) is 0 Å². The zero-order valence-electron chi connectivity index (χ0n) is 8.00. The third-order valence-corrected chi connectivity index (χ3v) is 3.20. The molecule has 0 aromatic carbocycles. The van der Waals surface area contributed by atoms with E-state index in [2.05, 4.69) is 0 Å². The van der Waals surface area contributed by atoms with Crippen LogP contribution in [0.4, 0.5) is 0 Å². The third kappa shape index (κ3) is 1.92. The minimum absolute atomic E-state index is 0.0550. The second-order valence-corrected chi connectivity index (χ2v) is 4.00. The summed E-state index contributed by atoms with van der Waals surface area (Å²) in [5, 5.41) is 46.3. The van der Waals surface area contributed by atoms with Crippen molar-refractivity contribution in [2.24, 2.45) is 11.8 Å². The zero-order chi connectivity index (χ0) is 10.8. The highest BCUT2D eigenvalue weighted by atomic mass is 16.3. The van der Waals surface area contributed by atoms with Gasteiger partial charge in [-0.05, 0) is 12.3 Å². The molecule has 5 N–H and O–H groups in total. The SMILES string of the molecule is OCC[C@H]1[C@H](O)C[C@@](O)(CO)[C@H]1CO. The van der Waals surface area contributed by atoms with Gasteiger partial charge in [-0.15, -0.1) is 0 Å². The average molecular weight is 206 g/mol. The van der Waals surface area contributed by atoms with Crippen molar-refractivity contribution in [3.05, 3.63) is 0 Å². The summed E-state index contributed by atoms with van der Waals surface area (Å²) >= 11 is 0. The smallest absolute Gasteiger partial charge is 0.0955 e. The fraction of sp³-hybridized carbons (Fsp3) is 1.00. The molecule has 0 bridgehead atoms. The predicted molar refractivity (Wildman–Crippen MR) is 48.4 cm³/mol. The molecule has 0 unspecified atom stereocenters. The Morgan fingerprint density at radius 3 is 2.29 bits per heavy atom. The number of aliphatic hydroxyl groups is 5. The Kier molecular flexibility index (Phi) is 3.86. The number of hydrogen-bond acceptors (Lipinski definition) is 5. The standard InChI is InChI=1S/C9H18O5/c10-2-1-6-7(4-11)9(14,5-12)3-8(6)13/h6-8,10-14H,1-5H2/t6-,7+,8-,9-/m1/s1. The summed E-state index contributed by atoms with van der Waals surface area (Å²) in [6, 6.07) is 0. The third-order valence-electron chi connectivity index (χ3n) is 3.20. The fourth-order valence-corrected chi connectivity index (χ4v) is 2.36. The minimum atomic E-state index is -1.41. The predicted octanol–water partition coefficient (Wildman–Crippen LogP) is -1.92. The summed E-state index contributed by atoms with van der Waals surface area (Å²) in [6.07, 6.45) is -0.384. The summed E-state index contributed by atoms with van der Waals surface area (Å²) < 4.78 is 0. The zero-order valence-corrected chi connectivity index (χ0v) is 8.00. The molecule has 5 heteroatoms. The molecule has 0 radical (unpaired) electrons. The van der Waals surface area contributed by atoms with Crippen LogP contribution in [0.1, 0.15) is 12.8 Å². The van der Waals surface area contributed by atoms with Gasteiger partial charge in [0.05, 0.1) is 18.3 Å². The van der Waals surface area contributed by atoms with Crippen LogP contribution in [0.15, 0.2) is 0 Å². The van der Waals surface area contributed by atoms with Crippen molar-refractivity contribution in [2.45, 2.75) is 24.5 Å². The highest BCUT2D eigenvalue weighted by Gasteiger charge is 2.51. The van der Waals surface area contributed by atoms with Crippen LogP contribution in [0, 0.1) is 11.8 Å². The molecule has 14 heavy (non-hydrogen) atoms. The van der Waals surface area contributed by atoms with Crippen LogP contribution < -0.4 is 0 Å². The molecule has 0 heterocycles. The van der Waals surface area contributed by atoms with Gasteiger partial charge in [0.2, 0.25) is 0 Å². The van der Waals surface area contributed by atoms with Gasteiger partial charge in [0, 0.05) is 25.6 Å². The van der Waals surface area contributed by atoms with Gasteiger partial charge in [-0.25, -0.2) is 0 Å². The fourth-order valence-electron chi connectivity index (χ4n) is 2.36. The number of aliphatic hydroxyl groups excluding tert-OH is 4. The number of rotatable bonds is 4. The van der Waals surface area contributed by atoms with Crippen molar-refractivity contribution in [1.82, 2.24) is 0 Å². The Morgan fingerprint density at radius 1 is 1.21 bits per heavy atom. The van der Waals surface area contributed by atoms with Crippen LogP contribution in [-0.2, 0) is 0 Å². The maximum atomic E-state index is 9.88. The van der Waals surface area contributed by atoms with E-state index < -0.39 is 24.2 Å². The van der Waals surface area contributed by atoms with E-state index in [0.717, 1.165) is 0 Å². The van der Waals surface area contributed by atoms with Crippen molar-refractivity contribution in [3.63, 3.8) is 0 Å². The lowest BCUT2D eigenvalue weighted by atomic mass is 9.85. The molecule has 0 aliphatic heterocycles. The van der Waals surface area contributed by atoms with Crippen molar-refractivity contribution < 1.29 is 25.5 Å².